The number of nitrogens with one attached hydrogen (secondary N) is 1. The quantitative estimate of drug-likeness (QED) is 0.909. The molecule has 2 aromatic rings. The molecule has 0 saturated carbocycles. The maximum Gasteiger partial charge on any atom is 0.162 e. The van der Waals surface area contributed by atoms with Crippen LogP contribution in [0.1, 0.15) is 24.3 Å². The van der Waals surface area contributed by atoms with Crippen molar-refractivity contribution in [3.63, 3.8) is 0 Å². The Hall–Kier alpha value is -2.01. The van der Waals surface area contributed by atoms with E-state index in [0.29, 0.717) is 11.3 Å². The maximum absolute atomic E-state index is 13.6. The van der Waals surface area contributed by atoms with Crippen molar-refractivity contribution in [3.8, 4) is 11.5 Å². The summed E-state index contributed by atoms with van der Waals surface area (Å²) in [6.07, 6.45) is 1.68. The molecule has 0 bridgehead atoms. The zero-order valence-corrected chi connectivity index (χ0v) is 11.9. The Bertz CT molecular complexity index is 652. The number of piperidine rings is 1. The first-order valence-electron chi connectivity index (χ1n) is 7.26. The van der Waals surface area contributed by atoms with E-state index < -0.39 is 11.6 Å². The molecule has 5 heteroatoms. The Balaban J connectivity index is 1.93. The predicted octanol–water partition coefficient (Wildman–Crippen LogP) is 4.36. The molecule has 0 amide bonds. The van der Waals surface area contributed by atoms with Gasteiger partial charge >= 0.3 is 0 Å². The van der Waals surface area contributed by atoms with Crippen molar-refractivity contribution >= 4 is 0 Å². The molecule has 3 rings (SSSR count). The summed E-state index contributed by atoms with van der Waals surface area (Å²) in [6.45, 7) is 1.67. The van der Waals surface area contributed by atoms with E-state index in [1.54, 1.807) is 0 Å². The Kier molecular flexibility index (Phi) is 4.34. The number of hydrogen-bond acceptors (Lipinski definition) is 2. The fraction of sp³-hybridized carbons (Fsp3) is 0.294. The van der Waals surface area contributed by atoms with Crippen molar-refractivity contribution < 1.29 is 17.9 Å². The van der Waals surface area contributed by atoms with Crippen LogP contribution in [0.15, 0.2) is 36.4 Å². The summed E-state index contributed by atoms with van der Waals surface area (Å²) in [4.78, 5) is 0. The van der Waals surface area contributed by atoms with Gasteiger partial charge in [0, 0.05) is 11.6 Å². The van der Waals surface area contributed by atoms with Gasteiger partial charge in [0.25, 0.3) is 0 Å². The number of ether oxygens (including phenoxy) is 1. The smallest absolute Gasteiger partial charge is 0.162 e. The summed E-state index contributed by atoms with van der Waals surface area (Å²) in [5.41, 5.74) is 0.657. The summed E-state index contributed by atoms with van der Waals surface area (Å²) < 4.78 is 45.8. The van der Waals surface area contributed by atoms with Crippen molar-refractivity contribution in [3.05, 3.63) is 59.4 Å². The first-order valence-corrected chi connectivity index (χ1v) is 7.26. The highest BCUT2D eigenvalue weighted by molar-refractivity contribution is 5.41. The van der Waals surface area contributed by atoms with Crippen LogP contribution in [-0.4, -0.2) is 13.1 Å². The first kappa shape index (κ1) is 14.9. The molecule has 1 aliphatic heterocycles. The fourth-order valence-electron chi connectivity index (χ4n) is 2.71. The summed E-state index contributed by atoms with van der Waals surface area (Å²) >= 11 is 0. The molecule has 1 fully saturated rings. The third-order valence-corrected chi connectivity index (χ3v) is 3.87. The molecule has 1 heterocycles. The van der Waals surface area contributed by atoms with Crippen molar-refractivity contribution in [1.82, 2.24) is 5.32 Å². The van der Waals surface area contributed by atoms with E-state index in [-0.39, 0.29) is 17.5 Å². The molecule has 0 unspecified atom stereocenters. The van der Waals surface area contributed by atoms with Gasteiger partial charge in [-0.1, -0.05) is 0 Å². The lowest BCUT2D eigenvalue weighted by atomic mass is 9.89. The summed E-state index contributed by atoms with van der Waals surface area (Å²) in [7, 11) is 0. The Morgan fingerprint density at radius 1 is 0.909 bits per heavy atom. The Morgan fingerprint density at radius 2 is 1.55 bits per heavy atom. The average Bonchev–Trinajstić information content (AvgIpc) is 2.54. The van der Waals surface area contributed by atoms with E-state index in [1.807, 2.05) is 0 Å². The van der Waals surface area contributed by atoms with Crippen LogP contribution in [0, 0.1) is 17.5 Å². The summed E-state index contributed by atoms with van der Waals surface area (Å²) in [5, 5.41) is 3.24. The molecule has 22 heavy (non-hydrogen) atoms. The predicted molar refractivity (Wildman–Crippen MR) is 77.7 cm³/mol. The molecule has 1 N–H and O–H groups in total. The second-order valence-corrected chi connectivity index (χ2v) is 5.38. The molecule has 0 spiro atoms. The molecule has 116 valence electrons. The van der Waals surface area contributed by atoms with E-state index in [1.165, 1.54) is 30.3 Å². The second-order valence-electron chi connectivity index (χ2n) is 5.38. The van der Waals surface area contributed by atoms with E-state index >= 15 is 0 Å². The largest absolute Gasteiger partial charge is 0.457 e. The lowest BCUT2D eigenvalue weighted by Crippen LogP contribution is -2.26. The van der Waals surface area contributed by atoms with Crippen LogP contribution in [0.4, 0.5) is 13.2 Å². The van der Waals surface area contributed by atoms with Gasteiger partial charge in [0.2, 0.25) is 0 Å². The van der Waals surface area contributed by atoms with Crippen molar-refractivity contribution in [1.29, 1.82) is 0 Å². The van der Waals surface area contributed by atoms with E-state index in [0.717, 1.165) is 32.0 Å². The maximum atomic E-state index is 13.6. The minimum Gasteiger partial charge on any atom is -0.457 e. The molecule has 2 aromatic carbocycles. The molecule has 0 aliphatic carbocycles. The second kappa shape index (κ2) is 6.40. The van der Waals surface area contributed by atoms with Crippen LogP contribution < -0.4 is 10.1 Å². The van der Waals surface area contributed by atoms with Crippen LogP contribution in [0.5, 0.6) is 11.5 Å². The van der Waals surface area contributed by atoms with E-state index in [9.17, 15) is 13.2 Å². The third kappa shape index (κ3) is 3.25. The molecular formula is C17H16F3NO. The van der Waals surface area contributed by atoms with E-state index in [2.05, 4.69) is 5.32 Å². The highest BCUT2D eigenvalue weighted by atomic mass is 19.2. The zero-order valence-electron chi connectivity index (χ0n) is 11.9. The number of benzene rings is 2. The highest BCUT2D eigenvalue weighted by Crippen LogP contribution is 2.36. The van der Waals surface area contributed by atoms with Crippen molar-refractivity contribution in [2.24, 2.45) is 0 Å². The first-order chi connectivity index (χ1) is 10.6. The Morgan fingerprint density at radius 3 is 2.23 bits per heavy atom. The van der Waals surface area contributed by atoms with Crippen LogP contribution in [0.3, 0.4) is 0 Å². The van der Waals surface area contributed by atoms with Crippen LogP contribution in [0.2, 0.25) is 0 Å². The number of hydrogen-bond donors (Lipinski definition) is 1. The molecule has 2 nitrogen and oxygen atoms in total. The molecule has 0 radical (unpaired) electrons. The van der Waals surface area contributed by atoms with Crippen molar-refractivity contribution in [2.45, 2.75) is 18.8 Å². The average molecular weight is 307 g/mol. The highest BCUT2D eigenvalue weighted by Gasteiger charge is 2.22. The fourth-order valence-corrected chi connectivity index (χ4v) is 2.71. The molecular weight excluding hydrogens is 291 g/mol. The molecule has 1 aliphatic rings. The molecule has 1 saturated heterocycles. The lowest BCUT2D eigenvalue weighted by Gasteiger charge is -2.25. The standard InChI is InChI=1S/C17H16F3NO/c18-12-1-3-13(4-2-12)22-17-10-16(20)15(19)9-14(17)11-5-7-21-8-6-11/h1-4,9-11,21H,5-8H2. The summed E-state index contributed by atoms with van der Waals surface area (Å²) in [5.74, 6) is -1.40. The zero-order chi connectivity index (χ0) is 15.5. The van der Waals surface area contributed by atoms with Gasteiger partial charge in [-0.2, -0.15) is 0 Å². The minimum absolute atomic E-state index is 0.117. The van der Waals surface area contributed by atoms with E-state index in [4.69, 9.17) is 4.74 Å². The van der Waals surface area contributed by atoms with Gasteiger partial charge in [0.15, 0.2) is 11.6 Å². The van der Waals surface area contributed by atoms with Gasteiger partial charge in [0.05, 0.1) is 0 Å². The Labute approximate surface area is 126 Å². The van der Waals surface area contributed by atoms with Gasteiger partial charge in [-0.25, -0.2) is 13.2 Å². The summed E-state index contributed by atoms with van der Waals surface area (Å²) in [6, 6.07) is 7.73. The van der Waals surface area contributed by atoms with Crippen LogP contribution in [0.25, 0.3) is 0 Å². The number of halogens is 3. The van der Waals surface area contributed by atoms with Gasteiger partial charge in [-0.15, -0.1) is 0 Å². The van der Waals surface area contributed by atoms with Crippen molar-refractivity contribution in [2.75, 3.05) is 13.1 Å². The van der Waals surface area contributed by atoms with Crippen LogP contribution >= 0.6 is 0 Å². The lowest BCUT2D eigenvalue weighted by molar-refractivity contribution is 0.418. The number of rotatable bonds is 3. The normalized spacial score (nSPS) is 15.8. The van der Waals surface area contributed by atoms with Gasteiger partial charge in [0.1, 0.15) is 17.3 Å². The third-order valence-electron chi connectivity index (χ3n) is 3.87. The molecule has 0 atom stereocenters. The minimum atomic E-state index is -0.949. The van der Waals surface area contributed by atoms with Crippen LogP contribution in [-0.2, 0) is 0 Å². The monoisotopic (exact) mass is 307 g/mol. The van der Waals surface area contributed by atoms with Gasteiger partial charge < -0.3 is 10.1 Å². The topological polar surface area (TPSA) is 21.3 Å². The van der Waals surface area contributed by atoms with Gasteiger partial charge in [-0.05, 0) is 62.2 Å². The molecule has 0 aromatic heterocycles. The van der Waals surface area contributed by atoms with Gasteiger partial charge in [-0.3, -0.25) is 0 Å². The SMILES string of the molecule is Fc1ccc(Oc2cc(F)c(F)cc2C2CCNCC2)cc1.